The van der Waals surface area contributed by atoms with Crippen molar-refractivity contribution in [3.05, 3.63) is 35.9 Å². The molecule has 1 aromatic rings. The first-order valence-electron chi connectivity index (χ1n) is 8.49. The van der Waals surface area contributed by atoms with Crippen LogP contribution in [0, 0.1) is 0 Å². The first-order chi connectivity index (χ1) is 12.6. The first-order valence-corrected chi connectivity index (χ1v) is 10.8. The summed E-state index contributed by atoms with van der Waals surface area (Å²) in [5.41, 5.74) is 1.11. The minimum atomic E-state index is -0.552. The number of nitrogens with zero attached hydrogens (tertiary/aromatic N) is 2. The van der Waals surface area contributed by atoms with Crippen LogP contribution >= 0.6 is 23.5 Å². The number of amides is 2. The minimum Gasteiger partial charge on any atom is -0.467 e. The molecule has 6 nitrogen and oxygen atoms in total. The van der Waals surface area contributed by atoms with Crippen LogP contribution in [-0.2, 0) is 25.5 Å². The Morgan fingerprint density at radius 3 is 2.38 bits per heavy atom. The summed E-state index contributed by atoms with van der Waals surface area (Å²) in [5.74, 6) is 1.54. The number of carbonyl (C=O) groups is 3. The third-order valence-electron chi connectivity index (χ3n) is 4.60. The number of aryl methyl sites for hydroxylation is 1. The molecule has 2 atom stereocenters. The van der Waals surface area contributed by atoms with Gasteiger partial charge in [-0.1, -0.05) is 30.3 Å². The highest BCUT2D eigenvalue weighted by Crippen LogP contribution is 2.28. The largest absolute Gasteiger partial charge is 0.467 e. The quantitative estimate of drug-likeness (QED) is 0.707. The summed E-state index contributed by atoms with van der Waals surface area (Å²) in [6, 6.07) is 8.81. The molecule has 26 heavy (non-hydrogen) atoms. The number of ether oxygens (including phenoxy) is 1. The van der Waals surface area contributed by atoms with E-state index < -0.39 is 18.1 Å². The molecule has 0 aliphatic carbocycles. The molecule has 2 heterocycles. The lowest BCUT2D eigenvalue weighted by Crippen LogP contribution is -2.52. The SMILES string of the molecule is COC(=O)[C@@H]1CSCN1C(=O)[C@@H]1CSCN1C(=O)CCc1ccccc1. The molecule has 2 amide bonds. The standard InChI is InChI=1S/C18H22N2O4S2/c1-24-18(23)15-10-26-12-20(15)17(22)14-9-25-11-19(14)16(21)8-7-13-5-3-2-4-6-13/h2-6,14-15H,7-12H2,1H3/t14-,15-/m0/s1. The molecule has 2 aliphatic heterocycles. The van der Waals surface area contributed by atoms with Gasteiger partial charge in [0, 0.05) is 17.9 Å². The van der Waals surface area contributed by atoms with Crippen molar-refractivity contribution in [1.29, 1.82) is 0 Å². The third kappa shape index (κ3) is 4.17. The van der Waals surface area contributed by atoms with E-state index in [1.165, 1.54) is 18.9 Å². The van der Waals surface area contributed by atoms with Crippen LogP contribution in [0.3, 0.4) is 0 Å². The molecule has 0 unspecified atom stereocenters. The van der Waals surface area contributed by atoms with E-state index in [0.717, 1.165) is 5.56 Å². The summed E-state index contributed by atoms with van der Waals surface area (Å²) in [5, 5.41) is 0. The fraction of sp³-hybridized carbons (Fsp3) is 0.500. The zero-order valence-electron chi connectivity index (χ0n) is 14.6. The highest BCUT2D eigenvalue weighted by atomic mass is 32.2. The van der Waals surface area contributed by atoms with Crippen molar-refractivity contribution in [3.63, 3.8) is 0 Å². The second kappa shape index (κ2) is 8.81. The molecule has 0 saturated carbocycles. The maximum atomic E-state index is 13.0. The summed E-state index contributed by atoms with van der Waals surface area (Å²) >= 11 is 3.11. The van der Waals surface area contributed by atoms with E-state index >= 15 is 0 Å². The topological polar surface area (TPSA) is 66.9 Å². The summed E-state index contributed by atoms with van der Waals surface area (Å²) in [6.45, 7) is 0. The van der Waals surface area contributed by atoms with Crippen LogP contribution in [0.25, 0.3) is 0 Å². The summed E-state index contributed by atoms with van der Waals surface area (Å²) in [7, 11) is 1.33. The Morgan fingerprint density at radius 2 is 1.69 bits per heavy atom. The van der Waals surface area contributed by atoms with Gasteiger partial charge in [0.05, 0.1) is 18.9 Å². The number of rotatable bonds is 5. The van der Waals surface area contributed by atoms with E-state index in [9.17, 15) is 14.4 Å². The Morgan fingerprint density at radius 1 is 1.04 bits per heavy atom. The van der Waals surface area contributed by atoms with Crippen molar-refractivity contribution in [3.8, 4) is 0 Å². The Balaban J connectivity index is 1.62. The first kappa shape index (κ1) is 19.1. The summed E-state index contributed by atoms with van der Waals surface area (Å²) < 4.78 is 4.81. The Labute approximate surface area is 161 Å². The van der Waals surface area contributed by atoms with Gasteiger partial charge in [0.15, 0.2) is 0 Å². The molecule has 0 radical (unpaired) electrons. The monoisotopic (exact) mass is 394 g/mol. The van der Waals surface area contributed by atoms with Crippen molar-refractivity contribution in [2.75, 3.05) is 30.4 Å². The van der Waals surface area contributed by atoms with Crippen molar-refractivity contribution in [1.82, 2.24) is 9.80 Å². The maximum Gasteiger partial charge on any atom is 0.329 e. The van der Waals surface area contributed by atoms with Crippen molar-refractivity contribution in [2.24, 2.45) is 0 Å². The lowest BCUT2D eigenvalue weighted by Gasteiger charge is -2.29. The van der Waals surface area contributed by atoms with Gasteiger partial charge < -0.3 is 14.5 Å². The number of thioether (sulfide) groups is 2. The Kier molecular flexibility index (Phi) is 6.48. The smallest absolute Gasteiger partial charge is 0.329 e. The minimum absolute atomic E-state index is 0.0151. The molecule has 8 heteroatoms. The van der Waals surface area contributed by atoms with Gasteiger partial charge >= 0.3 is 5.97 Å². The van der Waals surface area contributed by atoms with E-state index in [-0.39, 0.29) is 11.8 Å². The van der Waals surface area contributed by atoms with Gasteiger partial charge in [0.1, 0.15) is 12.1 Å². The second-order valence-corrected chi connectivity index (χ2v) is 8.21. The van der Waals surface area contributed by atoms with Crippen LogP contribution in [0.15, 0.2) is 30.3 Å². The number of benzene rings is 1. The molecule has 0 bridgehead atoms. The average Bonchev–Trinajstić information content (AvgIpc) is 3.35. The normalized spacial score (nSPS) is 22.5. The molecule has 140 valence electrons. The zero-order valence-corrected chi connectivity index (χ0v) is 16.3. The van der Waals surface area contributed by atoms with Gasteiger partial charge in [-0.2, -0.15) is 0 Å². The fourth-order valence-electron chi connectivity index (χ4n) is 3.12. The molecule has 2 aliphatic rings. The molecule has 2 fully saturated rings. The highest BCUT2D eigenvalue weighted by Gasteiger charge is 2.42. The Hall–Kier alpha value is -1.67. The van der Waals surface area contributed by atoms with Crippen LogP contribution in [0.1, 0.15) is 12.0 Å². The zero-order chi connectivity index (χ0) is 18.5. The van der Waals surface area contributed by atoms with Gasteiger partial charge in [-0.05, 0) is 12.0 Å². The number of carbonyl (C=O) groups excluding carboxylic acids is 3. The number of esters is 1. The number of methoxy groups -OCH3 is 1. The van der Waals surface area contributed by atoms with Crippen LogP contribution in [0.5, 0.6) is 0 Å². The number of hydrogen-bond acceptors (Lipinski definition) is 6. The van der Waals surface area contributed by atoms with Crippen molar-refractivity contribution in [2.45, 2.75) is 24.9 Å². The molecule has 1 aromatic carbocycles. The molecule has 0 aromatic heterocycles. The molecular formula is C18H22N2O4S2. The summed E-state index contributed by atoms with van der Waals surface area (Å²) in [4.78, 5) is 40.8. The van der Waals surface area contributed by atoms with Crippen molar-refractivity contribution >= 4 is 41.3 Å². The molecule has 2 saturated heterocycles. The van der Waals surface area contributed by atoms with E-state index in [2.05, 4.69) is 0 Å². The van der Waals surface area contributed by atoms with Crippen LogP contribution < -0.4 is 0 Å². The van der Waals surface area contributed by atoms with E-state index in [1.807, 2.05) is 30.3 Å². The highest BCUT2D eigenvalue weighted by molar-refractivity contribution is 7.99. The molecule has 0 N–H and O–H groups in total. The number of hydrogen-bond donors (Lipinski definition) is 0. The molecular weight excluding hydrogens is 372 g/mol. The lowest BCUT2D eigenvalue weighted by molar-refractivity contribution is -0.153. The predicted molar refractivity (Wildman–Crippen MR) is 103 cm³/mol. The second-order valence-electron chi connectivity index (χ2n) is 6.21. The van der Waals surface area contributed by atoms with Gasteiger partial charge in [-0.25, -0.2) is 4.79 Å². The molecule has 0 spiro atoms. The van der Waals surface area contributed by atoms with Gasteiger partial charge in [0.2, 0.25) is 11.8 Å². The average molecular weight is 395 g/mol. The fourth-order valence-corrected chi connectivity index (χ4v) is 5.44. The van der Waals surface area contributed by atoms with Gasteiger partial charge in [-0.3, -0.25) is 9.59 Å². The predicted octanol–water partition coefficient (Wildman–Crippen LogP) is 1.60. The van der Waals surface area contributed by atoms with E-state index in [0.29, 0.717) is 36.1 Å². The van der Waals surface area contributed by atoms with Gasteiger partial charge in [0.25, 0.3) is 0 Å². The van der Waals surface area contributed by atoms with Crippen LogP contribution in [0.4, 0.5) is 0 Å². The van der Waals surface area contributed by atoms with Crippen LogP contribution in [-0.4, -0.2) is 70.0 Å². The maximum absolute atomic E-state index is 13.0. The van der Waals surface area contributed by atoms with Gasteiger partial charge in [-0.15, -0.1) is 23.5 Å². The third-order valence-corrected chi connectivity index (χ3v) is 6.62. The van der Waals surface area contributed by atoms with Crippen molar-refractivity contribution < 1.29 is 19.1 Å². The molecule has 3 rings (SSSR count). The van der Waals surface area contributed by atoms with E-state index in [4.69, 9.17) is 4.74 Å². The Bertz CT molecular complexity index is 670. The lowest BCUT2D eigenvalue weighted by atomic mass is 10.1. The van der Waals surface area contributed by atoms with E-state index in [1.54, 1.807) is 21.6 Å². The summed E-state index contributed by atoms with van der Waals surface area (Å²) in [6.07, 6.45) is 1.04. The van der Waals surface area contributed by atoms with Crippen LogP contribution in [0.2, 0.25) is 0 Å².